The van der Waals surface area contributed by atoms with Crippen molar-refractivity contribution in [2.75, 3.05) is 13.1 Å². The third kappa shape index (κ3) is 5.94. The molecule has 0 aliphatic carbocycles. The number of rotatable bonds is 1. The minimum absolute atomic E-state index is 0.0716. The van der Waals surface area contributed by atoms with Crippen LogP contribution in [0.5, 0.6) is 0 Å². The molecule has 0 saturated carbocycles. The number of amides is 1. The molecule has 1 amide bonds. The van der Waals surface area contributed by atoms with Crippen molar-refractivity contribution in [2.24, 2.45) is 16.6 Å². The first-order valence-electron chi connectivity index (χ1n) is 12.0. The molecule has 3 N–H and O–H groups in total. The molecule has 3 aliphatic heterocycles. The summed E-state index contributed by atoms with van der Waals surface area (Å²) in [5.74, 6) is -2.70. The number of aromatic nitrogens is 2. The molecule has 2 aromatic heterocycles. The first kappa shape index (κ1) is 27.9. The van der Waals surface area contributed by atoms with Crippen LogP contribution in [0.2, 0.25) is 0 Å². The van der Waals surface area contributed by atoms with Crippen LogP contribution in [0, 0.1) is 5.92 Å². The standard InChI is InChI=1S/C18H23F2N5OS.C6H4F3NO/c1-10-4-2-3-5-24(16(10)27)15(26)12-6-11-13(8-22-12)23-17(21)25-9-18(19,20)7-14(11)25;7-6(8,9)4-2-1-3-5(11)10-4/h6,8,10,14,16,27H,2-5,7,9H2,1H3,(H2,21,23);1-3H,(H,10,11). The number of nitrogens with two attached hydrogens (primary N) is 1. The first-order chi connectivity index (χ1) is 17.8. The van der Waals surface area contributed by atoms with Gasteiger partial charge in [0.05, 0.1) is 29.8 Å². The van der Waals surface area contributed by atoms with Gasteiger partial charge in [-0.3, -0.25) is 9.59 Å². The van der Waals surface area contributed by atoms with Crippen molar-refractivity contribution in [1.29, 1.82) is 0 Å². The summed E-state index contributed by atoms with van der Waals surface area (Å²) in [4.78, 5) is 36.7. The lowest BCUT2D eigenvalue weighted by atomic mass is 10.0. The normalized spacial score (nSPS) is 24.4. The highest BCUT2D eigenvalue weighted by molar-refractivity contribution is 7.80. The van der Waals surface area contributed by atoms with Crippen LogP contribution in [-0.4, -0.2) is 56.0 Å². The number of hydrogen-bond donors (Lipinski definition) is 3. The van der Waals surface area contributed by atoms with E-state index in [9.17, 15) is 31.5 Å². The summed E-state index contributed by atoms with van der Waals surface area (Å²) in [6, 6.07) is 3.90. The molecule has 3 atom stereocenters. The van der Waals surface area contributed by atoms with Crippen molar-refractivity contribution in [3.63, 3.8) is 0 Å². The van der Waals surface area contributed by atoms with Crippen molar-refractivity contribution in [2.45, 2.75) is 56.1 Å². The van der Waals surface area contributed by atoms with E-state index in [2.05, 4.69) is 29.5 Å². The maximum Gasteiger partial charge on any atom is 0.431 e. The van der Waals surface area contributed by atoms with Crippen molar-refractivity contribution in [3.05, 3.63) is 57.8 Å². The van der Waals surface area contributed by atoms with Gasteiger partial charge in [-0.25, -0.2) is 18.8 Å². The molecule has 0 radical (unpaired) electrons. The molecular formula is C24H27F5N6O2S. The number of fused-ring (bicyclic) bond motifs is 3. The molecule has 0 spiro atoms. The molecule has 3 unspecified atom stereocenters. The Morgan fingerprint density at radius 3 is 2.66 bits per heavy atom. The van der Waals surface area contributed by atoms with Gasteiger partial charge >= 0.3 is 6.18 Å². The van der Waals surface area contributed by atoms with E-state index in [1.807, 2.05) is 0 Å². The number of pyridine rings is 2. The van der Waals surface area contributed by atoms with Crippen molar-refractivity contribution in [1.82, 2.24) is 19.8 Å². The number of carbonyl (C=O) groups is 1. The number of likely N-dealkylation sites (tertiary alicyclic amines) is 1. The predicted molar refractivity (Wildman–Crippen MR) is 133 cm³/mol. The number of nitrogens with one attached hydrogen (secondary N) is 1. The summed E-state index contributed by atoms with van der Waals surface area (Å²) in [6.45, 7) is 2.24. The van der Waals surface area contributed by atoms with Crippen LogP contribution >= 0.6 is 12.6 Å². The van der Waals surface area contributed by atoms with Gasteiger partial charge in [0.15, 0.2) is 5.96 Å². The lowest BCUT2D eigenvalue weighted by Crippen LogP contribution is -2.41. The van der Waals surface area contributed by atoms with Gasteiger partial charge < -0.3 is 20.5 Å². The lowest BCUT2D eigenvalue weighted by molar-refractivity contribution is -0.141. The van der Waals surface area contributed by atoms with Crippen LogP contribution in [-0.2, 0) is 6.18 Å². The number of hydrogen-bond acceptors (Lipinski definition) is 7. The average Bonchev–Trinajstić information content (AvgIpc) is 3.09. The second kappa shape index (κ2) is 10.5. The van der Waals surface area contributed by atoms with Gasteiger partial charge in [-0.2, -0.15) is 25.8 Å². The van der Waals surface area contributed by atoms with Crippen LogP contribution in [0.15, 0.2) is 40.2 Å². The molecule has 5 heterocycles. The molecular weight excluding hydrogens is 531 g/mol. The minimum Gasteiger partial charge on any atom is -0.369 e. The van der Waals surface area contributed by atoms with Gasteiger partial charge in [0.1, 0.15) is 11.4 Å². The SMILES string of the molecule is CC1CCCCN(C(=O)c2cc3c(cn2)N=C(N)N2CC(F)(F)CC32)C1S.O=c1cccc(C(F)(F)F)[nH]1. The molecule has 8 nitrogen and oxygen atoms in total. The highest BCUT2D eigenvalue weighted by Crippen LogP contribution is 2.46. The Hall–Kier alpha value is -3.16. The van der Waals surface area contributed by atoms with Crippen LogP contribution in [0.1, 0.15) is 60.4 Å². The number of alkyl halides is 5. The third-order valence-electron chi connectivity index (χ3n) is 6.76. The zero-order valence-corrected chi connectivity index (χ0v) is 21.3. The number of nitrogens with zero attached hydrogens (tertiary/aromatic N) is 4. The first-order valence-corrected chi connectivity index (χ1v) is 12.5. The number of halogens is 5. The Labute approximate surface area is 220 Å². The topological polar surface area (TPSA) is 108 Å². The highest BCUT2D eigenvalue weighted by atomic mass is 32.1. The van der Waals surface area contributed by atoms with E-state index in [0.717, 1.165) is 37.5 Å². The average molecular weight is 559 g/mol. The number of thiol groups is 1. The predicted octanol–water partition coefficient (Wildman–Crippen LogP) is 4.34. The van der Waals surface area contributed by atoms with Crippen molar-refractivity contribution >= 4 is 30.2 Å². The van der Waals surface area contributed by atoms with Crippen molar-refractivity contribution < 1.29 is 26.7 Å². The molecule has 2 aromatic rings. The summed E-state index contributed by atoms with van der Waals surface area (Å²) in [5, 5.41) is -0.182. The van der Waals surface area contributed by atoms with Gasteiger partial charge in [0.25, 0.3) is 11.8 Å². The maximum absolute atomic E-state index is 13.9. The molecule has 5 rings (SSSR count). The molecule has 2 saturated heterocycles. The number of carbonyl (C=O) groups excluding carboxylic acids is 1. The van der Waals surface area contributed by atoms with E-state index in [1.54, 1.807) is 16.0 Å². The Morgan fingerprint density at radius 2 is 2.00 bits per heavy atom. The maximum atomic E-state index is 13.9. The van der Waals surface area contributed by atoms with Crippen LogP contribution in [0.25, 0.3) is 0 Å². The van der Waals surface area contributed by atoms with E-state index in [0.29, 0.717) is 17.8 Å². The van der Waals surface area contributed by atoms with Crippen LogP contribution in [0.3, 0.4) is 0 Å². The fourth-order valence-electron chi connectivity index (χ4n) is 4.78. The van der Waals surface area contributed by atoms with Crippen LogP contribution < -0.4 is 11.3 Å². The molecule has 0 aromatic carbocycles. The van der Waals surface area contributed by atoms with Gasteiger partial charge in [-0.1, -0.05) is 19.4 Å². The van der Waals surface area contributed by atoms with E-state index < -0.39 is 35.9 Å². The number of aliphatic imine (C=N–C) groups is 1. The molecule has 206 valence electrons. The smallest absolute Gasteiger partial charge is 0.369 e. The van der Waals surface area contributed by atoms with Crippen molar-refractivity contribution in [3.8, 4) is 0 Å². The van der Waals surface area contributed by atoms with Gasteiger partial charge in [-0.15, -0.1) is 0 Å². The van der Waals surface area contributed by atoms with E-state index in [1.165, 1.54) is 11.1 Å². The fourth-order valence-corrected chi connectivity index (χ4v) is 5.15. The molecule has 3 aliphatic rings. The molecule has 0 bridgehead atoms. The summed E-state index contributed by atoms with van der Waals surface area (Å²) in [6.07, 6.45) is -0.362. The number of H-pyrrole nitrogens is 1. The van der Waals surface area contributed by atoms with Gasteiger partial charge in [0, 0.05) is 24.6 Å². The fraction of sp³-hybridized carbons (Fsp3) is 0.500. The summed E-state index contributed by atoms with van der Waals surface area (Å²) < 4.78 is 63.3. The quantitative estimate of drug-likeness (QED) is 0.357. The Kier molecular flexibility index (Phi) is 7.73. The monoisotopic (exact) mass is 558 g/mol. The second-order valence-electron chi connectivity index (χ2n) is 9.61. The molecule has 2 fully saturated rings. The summed E-state index contributed by atoms with van der Waals surface area (Å²) in [7, 11) is 0. The number of aromatic amines is 1. The largest absolute Gasteiger partial charge is 0.431 e. The highest BCUT2D eigenvalue weighted by Gasteiger charge is 2.48. The Bertz CT molecular complexity index is 1280. The lowest BCUT2D eigenvalue weighted by Gasteiger charge is -2.31. The summed E-state index contributed by atoms with van der Waals surface area (Å²) >= 11 is 4.63. The van der Waals surface area contributed by atoms with Crippen LogP contribution in [0.4, 0.5) is 27.6 Å². The van der Waals surface area contributed by atoms with Gasteiger partial charge in [-0.05, 0) is 30.9 Å². The van der Waals surface area contributed by atoms with E-state index in [4.69, 9.17) is 5.73 Å². The second-order valence-corrected chi connectivity index (χ2v) is 10.1. The van der Waals surface area contributed by atoms with E-state index >= 15 is 0 Å². The summed E-state index contributed by atoms with van der Waals surface area (Å²) in [5.41, 5.74) is 5.36. The van der Waals surface area contributed by atoms with E-state index in [-0.39, 0.29) is 35.3 Å². The zero-order valence-electron chi connectivity index (χ0n) is 20.4. The van der Waals surface area contributed by atoms with Gasteiger partial charge in [0.2, 0.25) is 5.56 Å². The number of guanidine groups is 1. The Balaban J connectivity index is 0.000000257. The Morgan fingerprint density at radius 1 is 1.26 bits per heavy atom. The third-order valence-corrected chi connectivity index (χ3v) is 7.55. The molecule has 38 heavy (non-hydrogen) atoms. The zero-order chi connectivity index (χ0) is 27.8. The minimum atomic E-state index is -4.47. The molecule has 14 heteroatoms.